The number of rotatable bonds is 4. The molecule has 0 saturated carbocycles. The van der Waals surface area contributed by atoms with E-state index < -0.39 is 0 Å². The molecule has 0 atom stereocenters. The summed E-state index contributed by atoms with van der Waals surface area (Å²) in [7, 11) is 0. The van der Waals surface area contributed by atoms with Crippen molar-refractivity contribution in [3.8, 4) is 27.6 Å². The first-order valence-corrected chi connectivity index (χ1v) is 13.0. The molecule has 182 valence electrons. The van der Waals surface area contributed by atoms with Gasteiger partial charge in [0.2, 0.25) is 5.89 Å². The van der Waals surface area contributed by atoms with Gasteiger partial charge in [-0.15, -0.1) is 11.3 Å². The molecule has 0 saturated heterocycles. The van der Waals surface area contributed by atoms with Gasteiger partial charge in [-0.05, 0) is 58.8 Å². The van der Waals surface area contributed by atoms with Crippen LogP contribution in [0.1, 0.15) is 31.9 Å². The summed E-state index contributed by atoms with van der Waals surface area (Å²) < 4.78 is 7.49. The summed E-state index contributed by atoms with van der Waals surface area (Å²) >= 11 is 1.75. The molecule has 6 rings (SSSR count). The monoisotopic (exact) mass is 502 g/mol. The number of fused-ring (bicyclic) bond motifs is 2. The Bertz CT molecular complexity index is 1750. The molecule has 1 N–H and O–H groups in total. The lowest BCUT2D eigenvalue weighted by atomic mass is 9.86. The molecule has 4 nitrogen and oxygen atoms in total. The molecule has 0 aliphatic heterocycles. The molecule has 0 aliphatic carbocycles. The number of thiophene rings is 1. The highest BCUT2D eigenvalue weighted by Gasteiger charge is 2.17. The van der Waals surface area contributed by atoms with Crippen molar-refractivity contribution in [2.45, 2.75) is 26.2 Å². The van der Waals surface area contributed by atoms with Gasteiger partial charge in [-0.2, -0.15) is 0 Å². The van der Waals surface area contributed by atoms with Gasteiger partial charge in [-0.25, -0.2) is 4.98 Å². The maximum absolute atomic E-state index is 10.4. The fourth-order valence-corrected chi connectivity index (χ4v) is 5.50. The van der Waals surface area contributed by atoms with Crippen LogP contribution in [-0.2, 0) is 5.41 Å². The van der Waals surface area contributed by atoms with Crippen molar-refractivity contribution < 1.29 is 9.52 Å². The predicted octanol–water partition coefficient (Wildman–Crippen LogP) is 9.13. The molecule has 4 aromatic carbocycles. The van der Waals surface area contributed by atoms with Crippen LogP contribution in [0, 0.1) is 0 Å². The molecule has 6 aromatic rings. The number of phenols is 1. The minimum atomic E-state index is -0.0293. The zero-order valence-electron chi connectivity index (χ0n) is 20.9. The first kappa shape index (κ1) is 23.2. The van der Waals surface area contributed by atoms with Gasteiger partial charge < -0.3 is 9.52 Å². The van der Waals surface area contributed by atoms with Crippen molar-refractivity contribution in [2.24, 2.45) is 4.99 Å². The van der Waals surface area contributed by atoms with Crippen molar-refractivity contribution in [3.05, 3.63) is 102 Å². The summed E-state index contributed by atoms with van der Waals surface area (Å²) in [6.07, 6.45) is 1.70. The van der Waals surface area contributed by atoms with E-state index in [9.17, 15) is 5.11 Å². The quantitative estimate of drug-likeness (QED) is 0.245. The van der Waals surface area contributed by atoms with Crippen LogP contribution in [0.15, 0.2) is 100 Å². The molecule has 0 amide bonds. The van der Waals surface area contributed by atoms with Gasteiger partial charge in [-0.1, -0.05) is 69.3 Å². The second-order valence-corrected chi connectivity index (χ2v) is 11.2. The van der Waals surface area contributed by atoms with Crippen LogP contribution in [0.4, 0.5) is 5.69 Å². The van der Waals surface area contributed by atoms with E-state index in [1.54, 1.807) is 23.6 Å². The van der Waals surface area contributed by atoms with E-state index in [0.29, 0.717) is 11.5 Å². The second-order valence-electron chi connectivity index (χ2n) is 10.1. The first-order chi connectivity index (χ1) is 17.9. The van der Waals surface area contributed by atoms with Crippen molar-refractivity contribution >= 4 is 44.4 Å². The van der Waals surface area contributed by atoms with Crippen molar-refractivity contribution in [1.29, 1.82) is 0 Å². The molecule has 0 spiro atoms. The van der Waals surface area contributed by atoms with Crippen molar-refractivity contribution in [1.82, 2.24) is 4.98 Å². The van der Waals surface area contributed by atoms with E-state index >= 15 is 0 Å². The van der Waals surface area contributed by atoms with Crippen LogP contribution in [0.3, 0.4) is 0 Å². The Morgan fingerprint density at radius 2 is 1.65 bits per heavy atom. The van der Waals surface area contributed by atoms with Gasteiger partial charge >= 0.3 is 0 Å². The molecule has 37 heavy (non-hydrogen) atoms. The van der Waals surface area contributed by atoms with E-state index in [2.05, 4.69) is 57.2 Å². The number of nitrogens with zero attached hydrogens (tertiary/aromatic N) is 2. The molecule has 2 heterocycles. The van der Waals surface area contributed by atoms with Crippen LogP contribution < -0.4 is 0 Å². The zero-order valence-corrected chi connectivity index (χ0v) is 21.7. The van der Waals surface area contributed by atoms with Gasteiger partial charge in [-0.3, -0.25) is 4.99 Å². The normalized spacial score (nSPS) is 12.2. The molecule has 0 aliphatic rings. The minimum absolute atomic E-state index is 0.0293. The Balaban J connectivity index is 1.41. The SMILES string of the molecule is CC(C)(C)c1ccc(O)c(C=Nc2ccccc2-c2nc3c(-c4cc5ccccc5s4)cccc3o2)c1. The van der Waals surface area contributed by atoms with Crippen molar-refractivity contribution in [2.75, 3.05) is 0 Å². The van der Waals surface area contributed by atoms with E-state index in [1.807, 2.05) is 48.5 Å². The van der Waals surface area contributed by atoms with E-state index in [-0.39, 0.29) is 11.2 Å². The molecular weight excluding hydrogens is 476 g/mol. The molecule has 0 bridgehead atoms. The number of aromatic nitrogens is 1. The summed E-state index contributed by atoms with van der Waals surface area (Å²) in [4.78, 5) is 10.8. The third-order valence-electron chi connectivity index (χ3n) is 6.48. The lowest BCUT2D eigenvalue weighted by molar-refractivity contribution is 0.473. The van der Waals surface area contributed by atoms with Gasteiger partial charge in [0, 0.05) is 26.9 Å². The van der Waals surface area contributed by atoms with Crippen molar-refractivity contribution in [3.63, 3.8) is 0 Å². The molecule has 0 unspecified atom stereocenters. The number of phenolic OH excluding ortho intramolecular Hbond substituents is 1. The molecule has 0 radical (unpaired) electrons. The Morgan fingerprint density at radius 1 is 0.865 bits per heavy atom. The van der Waals surface area contributed by atoms with Crippen LogP contribution in [0.25, 0.3) is 43.1 Å². The highest BCUT2D eigenvalue weighted by molar-refractivity contribution is 7.22. The lowest BCUT2D eigenvalue weighted by Gasteiger charge is -2.19. The summed E-state index contributed by atoms with van der Waals surface area (Å²) in [5, 5.41) is 11.7. The summed E-state index contributed by atoms with van der Waals surface area (Å²) in [6.45, 7) is 6.45. The molecule has 2 aromatic heterocycles. The Kier molecular flexibility index (Phi) is 5.65. The van der Waals surface area contributed by atoms with Crippen LogP contribution in [0.2, 0.25) is 0 Å². The lowest BCUT2D eigenvalue weighted by Crippen LogP contribution is -2.11. The van der Waals surface area contributed by atoms with Gasteiger partial charge in [0.15, 0.2) is 5.58 Å². The topological polar surface area (TPSA) is 58.6 Å². The maximum atomic E-state index is 10.4. The largest absolute Gasteiger partial charge is 0.507 e. The first-order valence-electron chi connectivity index (χ1n) is 12.2. The zero-order chi connectivity index (χ0) is 25.6. The fourth-order valence-electron chi connectivity index (χ4n) is 4.41. The van der Waals surface area contributed by atoms with Gasteiger partial charge in [0.05, 0.1) is 11.3 Å². The highest BCUT2D eigenvalue weighted by Crippen LogP contribution is 2.39. The third kappa shape index (κ3) is 4.43. The Morgan fingerprint density at radius 3 is 2.49 bits per heavy atom. The Hall–Kier alpha value is -4.22. The van der Waals surface area contributed by atoms with Crippen LogP contribution in [0.5, 0.6) is 5.75 Å². The predicted molar refractivity (Wildman–Crippen MR) is 154 cm³/mol. The van der Waals surface area contributed by atoms with E-state index in [1.165, 1.54) is 10.1 Å². The number of para-hydroxylation sites is 2. The number of oxazole rings is 1. The minimum Gasteiger partial charge on any atom is -0.507 e. The van der Waals surface area contributed by atoms with E-state index in [0.717, 1.165) is 38.4 Å². The molecular formula is C32H26N2O2S. The second kappa shape index (κ2) is 9.02. The standard InChI is InChI=1S/C32H26N2O2S/c1-32(2,3)22-15-16-26(35)21(17-22)19-33-25-12-6-5-10-23(25)31-34-30-24(11-8-13-27(30)36-31)29-18-20-9-4-7-14-28(20)37-29/h4-19,35H,1-3H3. The number of aliphatic imine (C=N–C) groups is 1. The Labute approximate surface area is 219 Å². The fraction of sp³-hybridized carbons (Fsp3) is 0.125. The van der Waals surface area contributed by atoms with Gasteiger partial charge in [0.25, 0.3) is 0 Å². The number of hydrogen-bond donors (Lipinski definition) is 1. The number of benzene rings is 4. The molecule has 5 heteroatoms. The van der Waals surface area contributed by atoms with Crippen LogP contribution in [-0.4, -0.2) is 16.3 Å². The molecule has 0 fully saturated rings. The average Bonchev–Trinajstić information content (AvgIpc) is 3.52. The number of hydrogen-bond acceptors (Lipinski definition) is 5. The highest BCUT2D eigenvalue weighted by atomic mass is 32.1. The maximum Gasteiger partial charge on any atom is 0.229 e. The van der Waals surface area contributed by atoms with Crippen LogP contribution >= 0.6 is 11.3 Å². The summed E-state index contributed by atoms with van der Waals surface area (Å²) in [5.41, 5.74) is 5.91. The smallest absolute Gasteiger partial charge is 0.229 e. The summed E-state index contributed by atoms with van der Waals surface area (Å²) in [6, 6.07) is 30.1. The number of aromatic hydroxyl groups is 1. The van der Waals surface area contributed by atoms with E-state index in [4.69, 9.17) is 14.4 Å². The van der Waals surface area contributed by atoms with Gasteiger partial charge in [0.1, 0.15) is 11.3 Å². The average molecular weight is 503 g/mol. The summed E-state index contributed by atoms with van der Waals surface area (Å²) in [5.74, 6) is 0.716. The third-order valence-corrected chi connectivity index (χ3v) is 7.63.